The molecule has 0 amide bonds. The molecule has 1 aromatic carbocycles. The van der Waals surface area contributed by atoms with Crippen molar-refractivity contribution in [3.05, 3.63) is 34.4 Å². The molecule has 6 saturated heterocycles. The molecule has 0 bridgehead atoms. The lowest BCUT2D eigenvalue weighted by Gasteiger charge is -2.45. The fourth-order valence-corrected chi connectivity index (χ4v) is 7.56. The minimum absolute atomic E-state index is 0.101. The van der Waals surface area contributed by atoms with Crippen molar-refractivity contribution in [2.75, 3.05) is 39.6 Å². The number of aliphatic hydroxyl groups excluding tert-OH is 13. The highest BCUT2D eigenvalue weighted by Crippen LogP contribution is 2.32. The lowest BCUT2D eigenvalue weighted by atomic mass is 10.0. The van der Waals surface area contributed by atoms with Crippen molar-refractivity contribution in [2.45, 2.75) is 148 Å². The van der Waals surface area contributed by atoms with Gasteiger partial charge < -0.3 is 123 Å². The number of aliphatic hydroxyl groups is 13. The number of hydrogen-bond donors (Lipinski definition) is 13. The fourth-order valence-electron chi connectivity index (χ4n) is 7.56. The summed E-state index contributed by atoms with van der Waals surface area (Å²) in [6.45, 7) is -2.63. The van der Waals surface area contributed by atoms with Crippen molar-refractivity contribution >= 4 is 5.69 Å². The Hall–Kier alpha value is -2.54. The number of ether oxygens (including phenoxy) is 12. The maximum Gasteiger partial charge on any atom is 0.269 e. The van der Waals surface area contributed by atoms with Crippen LogP contribution < -0.4 is 4.74 Å². The van der Waals surface area contributed by atoms with Crippen molar-refractivity contribution in [1.82, 2.24) is 0 Å². The van der Waals surface area contributed by atoms with Gasteiger partial charge in [0.15, 0.2) is 31.5 Å². The van der Waals surface area contributed by atoms with E-state index in [-0.39, 0.29) is 24.7 Å². The number of nitro benzene ring substituents is 1. The first-order valence-electron chi connectivity index (χ1n) is 20.2. The van der Waals surface area contributed by atoms with Gasteiger partial charge in [0.05, 0.1) is 44.6 Å². The monoisotopic (exact) mass is 931 g/mol. The van der Waals surface area contributed by atoms with E-state index in [1.54, 1.807) is 0 Å². The first-order chi connectivity index (χ1) is 30.4. The molecular formula is C36H53NO27. The van der Waals surface area contributed by atoms with E-state index >= 15 is 0 Å². The maximum atomic E-state index is 10.9. The number of benzene rings is 1. The summed E-state index contributed by atoms with van der Waals surface area (Å²) in [7, 11) is 0. The number of nitro groups is 1. The zero-order chi connectivity index (χ0) is 46.1. The van der Waals surface area contributed by atoms with Gasteiger partial charge in [-0.25, -0.2) is 0 Å². The predicted molar refractivity (Wildman–Crippen MR) is 195 cm³/mol. The molecule has 6 fully saturated rings. The Bertz CT molecular complexity index is 1650. The fraction of sp³-hybridized carbons (Fsp3) is 0.833. The maximum absolute atomic E-state index is 10.9. The van der Waals surface area contributed by atoms with E-state index in [1.165, 1.54) is 24.3 Å². The Balaban J connectivity index is 0.829. The second-order valence-corrected chi connectivity index (χ2v) is 15.9. The van der Waals surface area contributed by atoms with Crippen molar-refractivity contribution < 1.29 is 128 Å². The van der Waals surface area contributed by atoms with Gasteiger partial charge in [-0.2, -0.15) is 0 Å². The van der Waals surface area contributed by atoms with Crippen LogP contribution in [0.15, 0.2) is 24.3 Å². The molecule has 1 aromatic rings. The minimum atomic E-state index is -1.86. The molecule has 13 N–H and O–H groups in total. The molecule has 6 aliphatic heterocycles. The molecule has 0 aliphatic carbocycles. The topological polar surface area (TPSA) is 417 Å². The van der Waals surface area contributed by atoms with Gasteiger partial charge in [0.25, 0.3) is 5.69 Å². The van der Waals surface area contributed by atoms with Gasteiger partial charge in [-0.3, -0.25) is 10.1 Å². The Morgan fingerprint density at radius 2 is 0.656 bits per heavy atom. The van der Waals surface area contributed by atoms with Crippen molar-refractivity contribution in [3.63, 3.8) is 0 Å². The lowest BCUT2D eigenvalue weighted by molar-refractivity contribution is -0.384. The Morgan fingerprint density at radius 1 is 0.391 bits per heavy atom. The van der Waals surface area contributed by atoms with Crippen LogP contribution in [0, 0.1) is 10.1 Å². The average molecular weight is 932 g/mol. The van der Waals surface area contributed by atoms with Crippen LogP contribution in [0.5, 0.6) is 5.75 Å². The van der Waals surface area contributed by atoms with E-state index < -0.39 is 179 Å². The average Bonchev–Trinajstić information content (AvgIpc) is 3.27. The SMILES string of the molecule is O=[N+]([O-])c1ccc(O[C@@H]2OC[C@@H](O[C@@H]3OC[C@@H](O[C@@H]4OC[C@@H](O[C@@H]5OC[C@@H](O[C@@H]6OC[C@@H](O[C@@H]7OC[C@@H](O)[C@H](O)[C@H]7O)[C@H](O)[C@H]6O)[C@H](O)[C@H]5O)[C@H](O)[C@H]4O)[C@H](O)[C@H]3O)[C@H](O)[C@H]2O)cc1. The molecule has 64 heavy (non-hydrogen) atoms. The summed E-state index contributed by atoms with van der Waals surface area (Å²) in [6, 6.07) is 4.88. The highest BCUT2D eigenvalue weighted by Gasteiger charge is 2.51. The van der Waals surface area contributed by atoms with Gasteiger partial charge in [-0.15, -0.1) is 0 Å². The highest BCUT2D eigenvalue weighted by molar-refractivity contribution is 5.36. The first-order valence-corrected chi connectivity index (χ1v) is 20.2. The van der Waals surface area contributed by atoms with Crippen LogP contribution in [0.3, 0.4) is 0 Å². The standard InChI is InChI=1S/C36H53NO27/c38-13-5-53-32(25(45)19(13)39)60-15-7-55-34(27(47)21(15)41)62-17-9-57-36(29(49)23(17)43)64-18-10-58-35(30(50)24(18)44)63-16-8-56-33(28(48)22(16)42)61-14-6-54-31(26(46)20(14)40)59-12-3-1-11(2-4-12)37(51)52/h1-4,13-36,38-50H,5-10H2/t13-,14-,15-,16-,17-,18-,19+,20+,21+,22+,23+,24+,25-,26-,27-,28-,29-,30-,31+,32+,33+,34+,35+,36+/m1/s1. The summed E-state index contributed by atoms with van der Waals surface area (Å²) >= 11 is 0. The molecule has 6 heterocycles. The molecule has 28 heteroatoms. The van der Waals surface area contributed by atoms with Crippen molar-refractivity contribution in [2.24, 2.45) is 0 Å². The van der Waals surface area contributed by atoms with Gasteiger partial charge in [-0.1, -0.05) is 0 Å². The van der Waals surface area contributed by atoms with Crippen LogP contribution in [-0.2, 0) is 52.1 Å². The van der Waals surface area contributed by atoms with E-state index in [4.69, 9.17) is 56.8 Å². The quantitative estimate of drug-likeness (QED) is 0.0645. The summed E-state index contributed by atoms with van der Waals surface area (Å²) in [4.78, 5) is 10.3. The molecule has 364 valence electrons. The van der Waals surface area contributed by atoms with Crippen LogP contribution in [-0.4, -0.2) is 259 Å². The predicted octanol–water partition coefficient (Wildman–Crippen LogP) is -8.27. The number of hydrogen-bond acceptors (Lipinski definition) is 27. The second kappa shape index (κ2) is 21.2. The zero-order valence-corrected chi connectivity index (χ0v) is 33.4. The van der Waals surface area contributed by atoms with E-state index in [0.717, 1.165) is 0 Å². The summed E-state index contributed by atoms with van der Waals surface area (Å²) in [5, 5.41) is 148. The molecule has 0 saturated carbocycles. The van der Waals surface area contributed by atoms with E-state index in [0.29, 0.717) is 0 Å². The number of non-ortho nitro benzene ring substituents is 1. The summed E-state index contributed by atoms with van der Waals surface area (Å²) in [5.41, 5.74) is -0.200. The van der Waals surface area contributed by atoms with Crippen LogP contribution >= 0.6 is 0 Å². The van der Waals surface area contributed by atoms with Gasteiger partial charge >= 0.3 is 0 Å². The Morgan fingerprint density at radius 3 is 0.969 bits per heavy atom. The largest absolute Gasteiger partial charge is 0.462 e. The Labute approximate surface area is 361 Å². The third kappa shape index (κ3) is 10.8. The normalized spacial score (nSPS) is 48.1. The molecule has 6 aliphatic rings. The molecule has 0 radical (unpaired) electrons. The third-order valence-electron chi connectivity index (χ3n) is 11.5. The van der Waals surface area contributed by atoms with Crippen LogP contribution in [0.4, 0.5) is 5.69 Å². The van der Waals surface area contributed by atoms with Crippen LogP contribution in [0.25, 0.3) is 0 Å². The summed E-state index contributed by atoms with van der Waals surface area (Å²) < 4.78 is 66.0. The third-order valence-corrected chi connectivity index (χ3v) is 11.5. The zero-order valence-electron chi connectivity index (χ0n) is 33.4. The van der Waals surface area contributed by atoms with Gasteiger partial charge in [0.2, 0.25) is 6.29 Å². The van der Waals surface area contributed by atoms with Gasteiger partial charge in [0.1, 0.15) is 116 Å². The molecule has 0 spiro atoms. The minimum Gasteiger partial charge on any atom is -0.462 e. The first kappa shape index (κ1) is 49.4. The van der Waals surface area contributed by atoms with Gasteiger partial charge in [0, 0.05) is 12.1 Å². The highest BCUT2D eigenvalue weighted by atomic mass is 16.8. The van der Waals surface area contributed by atoms with E-state index in [2.05, 4.69) is 0 Å². The van der Waals surface area contributed by atoms with Gasteiger partial charge in [-0.05, 0) is 12.1 Å². The number of nitrogens with zero attached hydrogens (tertiary/aromatic N) is 1. The molecule has 24 atom stereocenters. The summed E-state index contributed by atoms with van der Waals surface area (Å²) in [6.07, 6.45) is -38.3. The van der Waals surface area contributed by atoms with E-state index in [1.807, 2.05) is 0 Å². The molecule has 0 unspecified atom stereocenters. The molecule has 0 aromatic heterocycles. The second-order valence-electron chi connectivity index (χ2n) is 15.9. The van der Waals surface area contributed by atoms with E-state index in [9.17, 15) is 76.5 Å². The van der Waals surface area contributed by atoms with Crippen molar-refractivity contribution in [3.8, 4) is 5.75 Å². The Kier molecular flexibility index (Phi) is 16.3. The molecular weight excluding hydrogens is 878 g/mol. The molecule has 7 rings (SSSR count). The molecule has 28 nitrogen and oxygen atoms in total. The lowest BCUT2D eigenvalue weighted by Crippen LogP contribution is -2.63. The van der Waals surface area contributed by atoms with Crippen LogP contribution in [0.2, 0.25) is 0 Å². The van der Waals surface area contributed by atoms with Crippen LogP contribution in [0.1, 0.15) is 0 Å². The number of rotatable bonds is 13. The summed E-state index contributed by atoms with van der Waals surface area (Å²) in [5.74, 6) is 0.101. The van der Waals surface area contributed by atoms with Crippen molar-refractivity contribution in [1.29, 1.82) is 0 Å². The smallest absolute Gasteiger partial charge is 0.269 e.